The summed E-state index contributed by atoms with van der Waals surface area (Å²) in [5, 5.41) is 5.20. The molecule has 1 aromatic carbocycles. The van der Waals surface area contributed by atoms with E-state index in [1.807, 2.05) is 0 Å². The topological polar surface area (TPSA) is 118 Å². The average Bonchev–Trinajstić information content (AvgIpc) is 3.34. The number of carbonyl (C=O) groups is 4. The van der Waals surface area contributed by atoms with Crippen molar-refractivity contribution in [2.75, 3.05) is 13.2 Å². The first-order valence-electron chi connectivity index (χ1n) is 9.10. The number of rotatable bonds is 8. The maximum absolute atomic E-state index is 12.9. The third-order valence-electron chi connectivity index (χ3n) is 4.66. The van der Waals surface area contributed by atoms with Crippen LogP contribution < -0.4 is 10.6 Å². The molecule has 1 saturated heterocycles. The third kappa shape index (κ3) is 4.29. The normalized spacial score (nSPS) is 18.4. The van der Waals surface area contributed by atoms with Crippen molar-refractivity contribution in [1.82, 2.24) is 15.5 Å². The lowest BCUT2D eigenvalue weighted by atomic mass is 9.87. The molecule has 152 valence electrons. The SMILES string of the molecule is CCC1(c2ccccc2)NC(=O)N(CC(=O)OCC(=O)NCc2ccco2)C1=O. The molecule has 9 heteroatoms. The van der Waals surface area contributed by atoms with Crippen LogP contribution in [-0.4, -0.2) is 41.9 Å². The number of nitrogens with one attached hydrogen (secondary N) is 2. The molecule has 1 unspecified atom stereocenters. The second-order valence-corrected chi connectivity index (χ2v) is 6.46. The van der Waals surface area contributed by atoms with Crippen LogP contribution in [0.3, 0.4) is 0 Å². The molecule has 2 heterocycles. The zero-order valence-corrected chi connectivity index (χ0v) is 15.8. The molecule has 1 fully saturated rings. The summed E-state index contributed by atoms with van der Waals surface area (Å²) in [6.45, 7) is 0.828. The van der Waals surface area contributed by atoms with Crippen LogP contribution in [0.5, 0.6) is 0 Å². The molecule has 2 aromatic rings. The number of benzene rings is 1. The smallest absolute Gasteiger partial charge is 0.326 e. The predicted octanol–water partition coefficient (Wildman–Crippen LogP) is 1.30. The number of hydrogen-bond acceptors (Lipinski definition) is 6. The van der Waals surface area contributed by atoms with E-state index in [9.17, 15) is 19.2 Å². The fraction of sp³-hybridized carbons (Fsp3) is 0.300. The van der Waals surface area contributed by atoms with Gasteiger partial charge >= 0.3 is 12.0 Å². The van der Waals surface area contributed by atoms with Crippen LogP contribution in [0.1, 0.15) is 24.7 Å². The Hall–Kier alpha value is -3.62. The van der Waals surface area contributed by atoms with Crippen LogP contribution in [0, 0.1) is 0 Å². The molecule has 3 rings (SSSR count). The summed E-state index contributed by atoms with van der Waals surface area (Å²) in [7, 11) is 0. The van der Waals surface area contributed by atoms with E-state index in [2.05, 4.69) is 10.6 Å². The number of carbonyl (C=O) groups excluding carboxylic acids is 4. The largest absolute Gasteiger partial charge is 0.467 e. The molecule has 4 amide bonds. The fourth-order valence-electron chi connectivity index (χ4n) is 3.10. The first-order chi connectivity index (χ1) is 14.0. The zero-order valence-electron chi connectivity index (χ0n) is 15.8. The summed E-state index contributed by atoms with van der Waals surface area (Å²) in [6, 6.07) is 11.5. The van der Waals surface area contributed by atoms with Gasteiger partial charge in [-0.2, -0.15) is 0 Å². The predicted molar refractivity (Wildman–Crippen MR) is 100 cm³/mol. The number of amides is 4. The summed E-state index contributed by atoms with van der Waals surface area (Å²) in [5.74, 6) is -1.36. The molecule has 2 N–H and O–H groups in total. The average molecular weight is 399 g/mol. The summed E-state index contributed by atoms with van der Waals surface area (Å²) < 4.78 is 9.96. The van der Waals surface area contributed by atoms with Gasteiger partial charge in [0, 0.05) is 0 Å². The Morgan fingerprint density at radius 1 is 1.17 bits per heavy atom. The Morgan fingerprint density at radius 2 is 1.93 bits per heavy atom. The van der Waals surface area contributed by atoms with Crippen LogP contribution in [-0.2, 0) is 31.2 Å². The first kappa shape index (κ1) is 20.1. The Bertz CT molecular complexity index is 896. The fourth-order valence-corrected chi connectivity index (χ4v) is 3.10. The molecule has 0 bridgehead atoms. The highest BCUT2D eigenvalue weighted by molar-refractivity contribution is 6.09. The second-order valence-electron chi connectivity index (χ2n) is 6.46. The Balaban J connectivity index is 1.55. The van der Waals surface area contributed by atoms with Gasteiger partial charge < -0.3 is 19.8 Å². The highest BCUT2D eigenvalue weighted by Crippen LogP contribution is 2.32. The van der Waals surface area contributed by atoms with Gasteiger partial charge in [-0.1, -0.05) is 37.3 Å². The minimum atomic E-state index is -1.22. The van der Waals surface area contributed by atoms with Crippen molar-refractivity contribution in [3.63, 3.8) is 0 Å². The summed E-state index contributed by atoms with van der Waals surface area (Å²) in [4.78, 5) is 49.9. The number of nitrogens with zero attached hydrogens (tertiary/aromatic N) is 1. The van der Waals surface area contributed by atoms with E-state index in [1.165, 1.54) is 6.26 Å². The summed E-state index contributed by atoms with van der Waals surface area (Å²) in [6.07, 6.45) is 1.80. The van der Waals surface area contributed by atoms with Crippen molar-refractivity contribution in [3.8, 4) is 0 Å². The summed E-state index contributed by atoms with van der Waals surface area (Å²) >= 11 is 0. The Kier molecular flexibility index (Phi) is 5.96. The maximum Gasteiger partial charge on any atom is 0.326 e. The maximum atomic E-state index is 12.9. The van der Waals surface area contributed by atoms with Crippen molar-refractivity contribution in [2.45, 2.75) is 25.4 Å². The third-order valence-corrected chi connectivity index (χ3v) is 4.66. The molecular formula is C20H21N3O6. The second kappa shape index (κ2) is 8.59. The van der Waals surface area contributed by atoms with Gasteiger partial charge in [-0.3, -0.25) is 19.3 Å². The number of urea groups is 1. The van der Waals surface area contributed by atoms with E-state index in [1.54, 1.807) is 49.4 Å². The van der Waals surface area contributed by atoms with Gasteiger partial charge in [0.15, 0.2) is 6.61 Å². The highest BCUT2D eigenvalue weighted by Gasteiger charge is 2.51. The van der Waals surface area contributed by atoms with E-state index in [4.69, 9.17) is 9.15 Å². The van der Waals surface area contributed by atoms with Crippen LogP contribution in [0.4, 0.5) is 4.79 Å². The van der Waals surface area contributed by atoms with Gasteiger partial charge in [-0.15, -0.1) is 0 Å². The molecule has 29 heavy (non-hydrogen) atoms. The van der Waals surface area contributed by atoms with Crippen LogP contribution >= 0.6 is 0 Å². The minimum Gasteiger partial charge on any atom is -0.467 e. The monoisotopic (exact) mass is 399 g/mol. The van der Waals surface area contributed by atoms with Crippen molar-refractivity contribution >= 4 is 23.8 Å². The first-order valence-corrected chi connectivity index (χ1v) is 9.10. The van der Waals surface area contributed by atoms with E-state index >= 15 is 0 Å². The number of imide groups is 1. The lowest BCUT2D eigenvalue weighted by Crippen LogP contribution is -2.44. The molecule has 0 saturated carbocycles. The quantitative estimate of drug-likeness (QED) is 0.510. The highest BCUT2D eigenvalue weighted by atomic mass is 16.5. The molecule has 1 aliphatic heterocycles. The summed E-state index contributed by atoms with van der Waals surface area (Å²) in [5.41, 5.74) is -0.590. The number of esters is 1. The minimum absolute atomic E-state index is 0.159. The number of hydrogen-bond donors (Lipinski definition) is 2. The number of ether oxygens (including phenoxy) is 1. The molecule has 0 aliphatic carbocycles. The van der Waals surface area contributed by atoms with E-state index in [0.717, 1.165) is 4.90 Å². The standard InChI is InChI=1S/C20H21N3O6/c1-2-20(14-7-4-3-5-8-14)18(26)23(19(27)22-20)12-17(25)29-13-16(24)21-11-15-9-6-10-28-15/h3-10H,2,11-13H2,1H3,(H,21,24)(H,22,27). The van der Waals surface area contributed by atoms with Gasteiger partial charge in [0.2, 0.25) is 0 Å². The Labute approximate surface area is 167 Å². The van der Waals surface area contributed by atoms with E-state index in [0.29, 0.717) is 17.7 Å². The molecule has 0 spiro atoms. The Morgan fingerprint density at radius 3 is 2.59 bits per heavy atom. The molecule has 1 atom stereocenters. The number of furan rings is 1. The molecule has 1 aromatic heterocycles. The van der Waals surface area contributed by atoms with Crippen molar-refractivity contribution in [3.05, 3.63) is 60.1 Å². The van der Waals surface area contributed by atoms with Crippen LogP contribution in [0.15, 0.2) is 53.1 Å². The lowest BCUT2D eigenvalue weighted by molar-refractivity contribution is -0.151. The van der Waals surface area contributed by atoms with Gasteiger partial charge in [0.1, 0.15) is 17.8 Å². The molecule has 0 radical (unpaired) electrons. The molecular weight excluding hydrogens is 378 g/mol. The van der Waals surface area contributed by atoms with Crippen molar-refractivity contribution in [2.24, 2.45) is 0 Å². The molecule has 9 nitrogen and oxygen atoms in total. The van der Waals surface area contributed by atoms with E-state index in [-0.39, 0.29) is 6.54 Å². The lowest BCUT2D eigenvalue weighted by Gasteiger charge is -2.25. The zero-order chi connectivity index (χ0) is 20.9. The van der Waals surface area contributed by atoms with Gasteiger partial charge in [0.05, 0.1) is 12.8 Å². The van der Waals surface area contributed by atoms with E-state index < -0.39 is 42.5 Å². The molecule has 1 aliphatic rings. The van der Waals surface area contributed by atoms with Gasteiger partial charge in [0.25, 0.3) is 11.8 Å². The van der Waals surface area contributed by atoms with Gasteiger partial charge in [-0.05, 0) is 24.1 Å². The van der Waals surface area contributed by atoms with Crippen molar-refractivity contribution in [1.29, 1.82) is 0 Å². The van der Waals surface area contributed by atoms with Gasteiger partial charge in [-0.25, -0.2) is 4.79 Å². The van der Waals surface area contributed by atoms with Crippen molar-refractivity contribution < 1.29 is 28.3 Å². The van der Waals surface area contributed by atoms with Crippen LogP contribution in [0.25, 0.3) is 0 Å². The van der Waals surface area contributed by atoms with Crippen LogP contribution in [0.2, 0.25) is 0 Å².